The van der Waals surface area contributed by atoms with Crippen LogP contribution in [0.2, 0.25) is 5.02 Å². The zero-order valence-electron chi connectivity index (χ0n) is 10.5. The van der Waals surface area contributed by atoms with Crippen LogP contribution in [-0.4, -0.2) is 20.8 Å². The molecule has 1 atom stereocenters. The number of halogens is 1. The molecular weight excluding hydrogens is 238 g/mol. The fourth-order valence-electron chi connectivity index (χ4n) is 2.48. The molecule has 0 bridgehead atoms. The second kappa shape index (κ2) is 5.15. The summed E-state index contributed by atoms with van der Waals surface area (Å²) < 4.78 is 10.6. The summed E-state index contributed by atoms with van der Waals surface area (Å²) in [5.41, 5.74) is 2.43. The van der Waals surface area contributed by atoms with Gasteiger partial charge in [-0.1, -0.05) is 18.5 Å². The highest BCUT2D eigenvalue weighted by atomic mass is 35.5. The number of benzene rings is 1. The average Bonchev–Trinajstić information content (AvgIpc) is 2.73. The van der Waals surface area contributed by atoms with E-state index < -0.39 is 0 Å². The lowest BCUT2D eigenvalue weighted by Crippen LogP contribution is -2.18. The fraction of sp³-hybridized carbons (Fsp3) is 0.538. The maximum atomic E-state index is 6.37. The van der Waals surface area contributed by atoms with E-state index in [4.69, 9.17) is 21.1 Å². The van der Waals surface area contributed by atoms with E-state index in [1.807, 2.05) is 6.07 Å². The topological polar surface area (TPSA) is 30.5 Å². The van der Waals surface area contributed by atoms with E-state index in [9.17, 15) is 0 Å². The summed E-state index contributed by atoms with van der Waals surface area (Å²) in [6.45, 7) is 3.07. The van der Waals surface area contributed by atoms with E-state index in [0.29, 0.717) is 22.6 Å². The third kappa shape index (κ3) is 2.09. The summed E-state index contributed by atoms with van der Waals surface area (Å²) in [4.78, 5) is 0. The van der Waals surface area contributed by atoms with Crippen LogP contribution in [0.15, 0.2) is 6.07 Å². The third-order valence-corrected chi connectivity index (χ3v) is 3.66. The Hall–Kier alpha value is -0.930. The molecule has 1 unspecified atom stereocenters. The summed E-state index contributed by atoms with van der Waals surface area (Å²) in [5, 5.41) is 4.16. The van der Waals surface area contributed by atoms with Crippen molar-refractivity contribution in [2.45, 2.75) is 25.8 Å². The number of fused-ring (bicyclic) bond motifs is 1. The van der Waals surface area contributed by atoms with Crippen molar-refractivity contribution in [2.75, 3.05) is 20.8 Å². The van der Waals surface area contributed by atoms with Gasteiger partial charge in [-0.25, -0.2) is 0 Å². The van der Waals surface area contributed by atoms with Crippen molar-refractivity contribution in [3.05, 3.63) is 22.2 Å². The molecule has 0 aromatic heterocycles. The van der Waals surface area contributed by atoms with Crippen LogP contribution in [0, 0.1) is 0 Å². The zero-order chi connectivity index (χ0) is 12.4. The average molecular weight is 256 g/mol. The van der Waals surface area contributed by atoms with Crippen LogP contribution in [0.1, 0.15) is 30.5 Å². The van der Waals surface area contributed by atoms with Gasteiger partial charge in [-0.05, 0) is 36.6 Å². The Morgan fingerprint density at radius 2 is 2.18 bits per heavy atom. The summed E-state index contributed by atoms with van der Waals surface area (Å²) in [6, 6.07) is 2.42. The molecule has 0 amide bonds. The van der Waals surface area contributed by atoms with Gasteiger partial charge >= 0.3 is 0 Å². The first kappa shape index (κ1) is 12.5. The Labute approximate surface area is 107 Å². The molecule has 4 heteroatoms. The number of nitrogens with one attached hydrogen (secondary N) is 1. The molecule has 2 rings (SSSR count). The zero-order valence-corrected chi connectivity index (χ0v) is 11.2. The quantitative estimate of drug-likeness (QED) is 0.897. The first-order valence-electron chi connectivity index (χ1n) is 5.89. The smallest absolute Gasteiger partial charge is 0.179 e. The summed E-state index contributed by atoms with van der Waals surface area (Å²) in [6.07, 6.45) is 2.07. The number of hydrogen-bond acceptors (Lipinski definition) is 3. The minimum absolute atomic E-state index is 0.382. The van der Waals surface area contributed by atoms with Crippen molar-refractivity contribution in [2.24, 2.45) is 0 Å². The van der Waals surface area contributed by atoms with Gasteiger partial charge in [0.1, 0.15) is 0 Å². The fourth-order valence-corrected chi connectivity index (χ4v) is 2.85. The van der Waals surface area contributed by atoms with Crippen LogP contribution in [-0.2, 0) is 6.42 Å². The molecule has 0 aliphatic heterocycles. The third-order valence-electron chi connectivity index (χ3n) is 3.26. The molecule has 1 aromatic carbocycles. The molecule has 0 radical (unpaired) electrons. The van der Waals surface area contributed by atoms with Crippen molar-refractivity contribution in [3.63, 3.8) is 0 Å². The van der Waals surface area contributed by atoms with E-state index >= 15 is 0 Å². The van der Waals surface area contributed by atoms with E-state index in [1.54, 1.807) is 14.2 Å². The van der Waals surface area contributed by atoms with Gasteiger partial charge in [0.05, 0.1) is 19.2 Å². The van der Waals surface area contributed by atoms with Gasteiger partial charge in [0.25, 0.3) is 0 Å². The molecule has 0 saturated heterocycles. The normalized spacial score (nSPS) is 18.0. The number of hydrogen-bond donors (Lipinski definition) is 1. The van der Waals surface area contributed by atoms with Gasteiger partial charge in [-0.2, -0.15) is 0 Å². The van der Waals surface area contributed by atoms with Crippen molar-refractivity contribution in [1.29, 1.82) is 0 Å². The molecule has 94 valence electrons. The molecule has 0 fully saturated rings. The molecule has 3 nitrogen and oxygen atoms in total. The van der Waals surface area contributed by atoms with E-state index in [2.05, 4.69) is 12.2 Å². The van der Waals surface area contributed by atoms with Crippen LogP contribution in [0.25, 0.3) is 0 Å². The Morgan fingerprint density at radius 3 is 2.76 bits per heavy atom. The van der Waals surface area contributed by atoms with Crippen molar-refractivity contribution in [3.8, 4) is 11.5 Å². The van der Waals surface area contributed by atoms with Crippen LogP contribution < -0.4 is 14.8 Å². The summed E-state index contributed by atoms with van der Waals surface area (Å²) in [5.74, 6) is 1.35. The maximum absolute atomic E-state index is 6.37. The molecule has 0 saturated carbocycles. The predicted octanol–water partition coefficient (Wildman–Crippen LogP) is 2.95. The summed E-state index contributed by atoms with van der Waals surface area (Å²) in [7, 11) is 3.25. The molecular formula is C13H18ClNO2. The summed E-state index contributed by atoms with van der Waals surface area (Å²) >= 11 is 6.37. The van der Waals surface area contributed by atoms with Crippen molar-refractivity contribution < 1.29 is 9.47 Å². The van der Waals surface area contributed by atoms with Crippen LogP contribution in [0.3, 0.4) is 0 Å². The second-order valence-electron chi connectivity index (χ2n) is 4.14. The van der Waals surface area contributed by atoms with Gasteiger partial charge in [0, 0.05) is 6.04 Å². The minimum atomic E-state index is 0.382. The highest BCUT2D eigenvalue weighted by molar-refractivity contribution is 6.33. The first-order chi connectivity index (χ1) is 8.22. The van der Waals surface area contributed by atoms with Gasteiger partial charge in [0.15, 0.2) is 11.5 Å². The van der Waals surface area contributed by atoms with E-state index in [-0.39, 0.29) is 0 Å². The molecule has 1 aliphatic carbocycles. The number of methoxy groups -OCH3 is 2. The highest BCUT2D eigenvalue weighted by Crippen LogP contribution is 2.45. The molecule has 17 heavy (non-hydrogen) atoms. The monoisotopic (exact) mass is 255 g/mol. The molecule has 1 aromatic rings. The first-order valence-corrected chi connectivity index (χ1v) is 6.27. The van der Waals surface area contributed by atoms with Gasteiger partial charge in [-0.15, -0.1) is 0 Å². The van der Waals surface area contributed by atoms with Crippen LogP contribution >= 0.6 is 11.6 Å². The lowest BCUT2D eigenvalue weighted by atomic mass is 10.1. The largest absolute Gasteiger partial charge is 0.493 e. The second-order valence-corrected chi connectivity index (χ2v) is 4.52. The van der Waals surface area contributed by atoms with E-state index in [0.717, 1.165) is 19.4 Å². The van der Waals surface area contributed by atoms with Gasteiger partial charge in [-0.3, -0.25) is 0 Å². The van der Waals surface area contributed by atoms with Gasteiger partial charge in [0.2, 0.25) is 0 Å². The SMILES string of the molecule is CCNC1CCc2c1cc(OC)c(OC)c2Cl. The minimum Gasteiger partial charge on any atom is -0.493 e. The predicted molar refractivity (Wildman–Crippen MR) is 69.3 cm³/mol. The molecule has 1 N–H and O–H groups in total. The Morgan fingerprint density at radius 1 is 1.41 bits per heavy atom. The Bertz CT molecular complexity index is 420. The van der Waals surface area contributed by atoms with Crippen molar-refractivity contribution >= 4 is 11.6 Å². The molecule has 0 heterocycles. The highest BCUT2D eigenvalue weighted by Gasteiger charge is 2.27. The van der Waals surface area contributed by atoms with E-state index in [1.165, 1.54) is 11.1 Å². The lowest BCUT2D eigenvalue weighted by Gasteiger charge is -2.16. The van der Waals surface area contributed by atoms with Crippen LogP contribution in [0.4, 0.5) is 0 Å². The Kier molecular flexibility index (Phi) is 3.79. The van der Waals surface area contributed by atoms with Gasteiger partial charge < -0.3 is 14.8 Å². The molecule has 1 aliphatic rings. The number of ether oxygens (including phenoxy) is 2. The van der Waals surface area contributed by atoms with Crippen molar-refractivity contribution in [1.82, 2.24) is 5.32 Å². The standard InChI is InChI=1S/C13H18ClNO2/c1-4-15-10-6-5-8-9(10)7-11(16-2)13(17-3)12(8)14/h7,10,15H,4-6H2,1-3H3. The molecule has 0 spiro atoms. The lowest BCUT2D eigenvalue weighted by molar-refractivity contribution is 0.354. The number of rotatable bonds is 4. The maximum Gasteiger partial charge on any atom is 0.179 e. The van der Waals surface area contributed by atoms with Crippen LogP contribution in [0.5, 0.6) is 11.5 Å². The Balaban J connectivity index is 2.48.